The van der Waals surface area contributed by atoms with Crippen LogP contribution in [-0.2, 0) is 14.4 Å². The van der Waals surface area contributed by atoms with Crippen molar-refractivity contribution >= 4 is 17.8 Å². The summed E-state index contributed by atoms with van der Waals surface area (Å²) in [6.45, 7) is 5.69. The van der Waals surface area contributed by atoms with Crippen LogP contribution in [0.25, 0.3) is 0 Å². The molecule has 0 aromatic heterocycles. The Labute approximate surface area is 119 Å². The number of carboxylic acid groups (broad SMARTS) is 1. The molecule has 0 heterocycles. The van der Waals surface area contributed by atoms with Gasteiger partial charge in [0.05, 0.1) is 11.8 Å². The molecule has 0 radical (unpaired) electrons. The third-order valence-electron chi connectivity index (χ3n) is 3.91. The summed E-state index contributed by atoms with van der Waals surface area (Å²) < 4.78 is 0. The molecule has 2 unspecified atom stereocenters. The lowest BCUT2D eigenvalue weighted by atomic mass is 9.73. The van der Waals surface area contributed by atoms with Crippen molar-refractivity contribution in [2.75, 3.05) is 19.6 Å². The molecule has 0 aromatic rings. The van der Waals surface area contributed by atoms with E-state index in [1.807, 2.05) is 13.8 Å². The van der Waals surface area contributed by atoms with Crippen molar-refractivity contribution in [1.82, 2.24) is 10.2 Å². The highest BCUT2D eigenvalue weighted by molar-refractivity contribution is 5.86. The zero-order chi connectivity index (χ0) is 15.1. The minimum absolute atomic E-state index is 0.0938. The summed E-state index contributed by atoms with van der Waals surface area (Å²) in [6.07, 6.45) is 2.22. The molecule has 6 nitrogen and oxygen atoms in total. The minimum atomic E-state index is -0.895. The van der Waals surface area contributed by atoms with Gasteiger partial charge in [-0.2, -0.15) is 0 Å². The van der Waals surface area contributed by atoms with Gasteiger partial charge in [0.2, 0.25) is 11.8 Å². The molecule has 1 aliphatic carbocycles. The number of hydrogen-bond donors (Lipinski definition) is 2. The van der Waals surface area contributed by atoms with E-state index in [1.165, 1.54) is 0 Å². The summed E-state index contributed by atoms with van der Waals surface area (Å²) in [5.41, 5.74) is 0. The van der Waals surface area contributed by atoms with Crippen molar-refractivity contribution in [3.8, 4) is 0 Å². The fourth-order valence-corrected chi connectivity index (χ4v) is 2.43. The molecular formula is C14H24N2O4. The predicted molar refractivity (Wildman–Crippen MR) is 74.0 cm³/mol. The lowest BCUT2D eigenvalue weighted by molar-refractivity contribution is -0.152. The number of carbonyl (C=O) groups excluding carboxylic acids is 2. The molecule has 1 saturated carbocycles. The van der Waals surface area contributed by atoms with E-state index in [2.05, 4.69) is 5.32 Å². The van der Waals surface area contributed by atoms with Crippen molar-refractivity contribution in [2.45, 2.75) is 39.5 Å². The maximum atomic E-state index is 11.8. The highest BCUT2D eigenvalue weighted by Gasteiger charge is 2.41. The smallest absolute Gasteiger partial charge is 0.307 e. The van der Waals surface area contributed by atoms with Crippen LogP contribution in [-0.4, -0.2) is 47.4 Å². The van der Waals surface area contributed by atoms with Gasteiger partial charge in [-0.3, -0.25) is 14.4 Å². The Bertz CT molecular complexity index is 366. The van der Waals surface area contributed by atoms with Crippen molar-refractivity contribution in [3.63, 3.8) is 0 Å². The van der Waals surface area contributed by atoms with Crippen LogP contribution in [0.2, 0.25) is 0 Å². The second-order valence-corrected chi connectivity index (χ2v) is 5.09. The lowest BCUT2D eigenvalue weighted by Crippen LogP contribution is -2.44. The number of rotatable bonds is 8. The highest BCUT2D eigenvalue weighted by atomic mass is 16.4. The van der Waals surface area contributed by atoms with Gasteiger partial charge in [-0.1, -0.05) is 0 Å². The predicted octanol–water partition coefficient (Wildman–Crippen LogP) is 0.862. The fraction of sp³-hybridized carbons (Fsp3) is 0.786. The van der Waals surface area contributed by atoms with Crippen molar-refractivity contribution in [2.24, 2.45) is 11.8 Å². The average molecular weight is 284 g/mol. The highest BCUT2D eigenvalue weighted by Crippen LogP contribution is 2.34. The van der Waals surface area contributed by atoms with Gasteiger partial charge in [0, 0.05) is 26.1 Å². The lowest BCUT2D eigenvalue weighted by Gasteiger charge is -2.31. The van der Waals surface area contributed by atoms with Crippen LogP contribution in [0.1, 0.15) is 39.5 Å². The number of nitrogens with one attached hydrogen (secondary N) is 1. The van der Waals surface area contributed by atoms with Crippen LogP contribution >= 0.6 is 0 Å². The number of hydrogen-bond acceptors (Lipinski definition) is 3. The number of amides is 2. The Kier molecular flexibility index (Phi) is 6.48. The van der Waals surface area contributed by atoms with Crippen LogP contribution in [0.3, 0.4) is 0 Å². The Morgan fingerprint density at radius 3 is 2.20 bits per heavy atom. The quantitative estimate of drug-likeness (QED) is 0.647. The molecular weight excluding hydrogens is 260 g/mol. The maximum Gasteiger partial charge on any atom is 0.307 e. The molecule has 0 spiro atoms. The van der Waals surface area contributed by atoms with Gasteiger partial charge in [-0.25, -0.2) is 0 Å². The van der Waals surface area contributed by atoms with E-state index in [0.717, 1.165) is 0 Å². The monoisotopic (exact) mass is 284 g/mol. The largest absolute Gasteiger partial charge is 0.481 e. The average Bonchev–Trinajstić information content (AvgIpc) is 2.34. The first-order chi connectivity index (χ1) is 9.51. The Morgan fingerprint density at radius 1 is 1.15 bits per heavy atom. The Hall–Kier alpha value is -1.59. The maximum absolute atomic E-state index is 11.8. The van der Waals surface area contributed by atoms with Crippen molar-refractivity contribution < 1.29 is 19.5 Å². The molecule has 0 aliphatic heterocycles. The van der Waals surface area contributed by atoms with Crippen molar-refractivity contribution in [3.05, 3.63) is 0 Å². The van der Waals surface area contributed by atoms with Crippen LogP contribution in [0.4, 0.5) is 0 Å². The van der Waals surface area contributed by atoms with E-state index in [0.29, 0.717) is 45.3 Å². The molecule has 6 heteroatoms. The van der Waals surface area contributed by atoms with Crippen LogP contribution < -0.4 is 5.32 Å². The van der Waals surface area contributed by atoms with Crippen LogP contribution in [0.5, 0.6) is 0 Å². The van der Waals surface area contributed by atoms with E-state index in [4.69, 9.17) is 5.11 Å². The van der Waals surface area contributed by atoms with Crippen LogP contribution in [0.15, 0.2) is 0 Å². The molecule has 1 fully saturated rings. The molecule has 2 N–H and O–H groups in total. The number of carboxylic acids is 1. The third kappa shape index (κ3) is 4.21. The van der Waals surface area contributed by atoms with Gasteiger partial charge in [-0.05, 0) is 33.1 Å². The second-order valence-electron chi connectivity index (χ2n) is 5.09. The van der Waals surface area contributed by atoms with Gasteiger partial charge in [0.25, 0.3) is 0 Å². The standard InChI is InChI=1S/C14H24N2O4/c1-3-16(4-2)12(17)6-5-9-15-13(18)10-7-8-11(10)14(19)20/h10-11H,3-9H2,1-2H3,(H,15,18)(H,19,20). The minimum Gasteiger partial charge on any atom is -0.481 e. The third-order valence-corrected chi connectivity index (χ3v) is 3.91. The molecule has 0 aromatic carbocycles. The molecule has 114 valence electrons. The summed E-state index contributed by atoms with van der Waals surface area (Å²) in [6, 6.07) is 0. The van der Waals surface area contributed by atoms with E-state index < -0.39 is 17.8 Å². The van der Waals surface area contributed by atoms with Gasteiger partial charge < -0.3 is 15.3 Å². The zero-order valence-electron chi connectivity index (χ0n) is 12.2. The van der Waals surface area contributed by atoms with Gasteiger partial charge in [0.15, 0.2) is 0 Å². The Balaban J connectivity index is 2.20. The number of aliphatic carboxylic acids is 1. The van der Waals surface area contributed by atoms with Crippen molar-refractivity contribution in [1.29, 1.82) is 0 Å². The first kappa shape index (κ1) is 16.5. The van der Waals surface area contributed by atoms with Crippen LogP contribution in [0, 0.1) is 11.8 Å². The summed E-state index contributed by atoms with van der Waals surface area (Å²) in [5.74, 6) is -1.93. The van der Waals surface area contributed by atoms with E-state index in [9.17, 15) is 14.4 Å². The van der Waals surface area contributed by atoms with Gasteiger partial charge in [-0.15, -0.1) is 0 Å². The van der Waals surface area contributed by atoms with Gasteiger partial charge >= 0.3 is 5.97 Å². The summed E-state index contributed by atoms with van der Waals surface area (Å²) in [5, 5.41) is 11.6. The molecule has 2 amide bonds. The molecule has 20 heavy (non-hydrogen) atoms. The van der Waals surface area contributed by atoms with E-state index >= 15 is 0 Å². The number of nitrogens with zero attached hydrogens (tertiary/aromatic N) is 1. The molecule has 0 bridgehead atoms. The summed E-state index contributed by atoms with van der Waals surface area (Å²) >= 11 is 0. The first-order valence-corrected chi connectivity index (χ1v) is 7.29. The summed E-state index contributed by atoms with van der Waals surface area (Å²) in [4.78, 5) is 36.1. The normalized spacial score (nSPS) is 20.9. The molecule has 0 saturated heterocycles. The summed E-state index contributed by atoms with van der Waals surface area (Å²) in [7, 11) is 0. The zero-order valence-corrected chi connectivity index (χ0v) is 12.2. The van der Waals surface area contributed by atoms with E-state index in [1.54, 1.807) is 4.90 Å². The SMILES string of the molecule is CCN(CC)C(=O)CCCNC(=O)C1CCC1C(=O)O. The second kappa shape index (κ2) is 7.87. The molecule has 1 aliphatic rings. The first-order valence-electron chi connectivity index (χ1n) is 7.29. The Morgan fingerprint density at radius 2 is 1.75 bits per heavy atom. The number of carbonyl (C=O) groups is 3. The molecule has 2 atom stereocenters. The van der Waals surface area contributed by atoms with E-state index in [-0.39, 0.29) is 11.8 Å². The molecule has 1 rings (SSSR count). The van der Waals surface area contributed by atoms with Gasteiger partial charge in [0.1, 0.15) is 0 Å². The topological polar surface area (TPSA) is 86.7 Å². The fourth-order valence-electron chi connectivity index (χ4n) is 2.43.